The largest absolute Gasteiger partial charge is 0.497 e. The molecule has 136 valence electrons. The van der Waals surface area contributed by atoms with Gasteiger partial charge in [0.25, 0.3) is 0 Å². The minimum absolute atomic E-state index is 0.565. The molecule has 26 heavy (non-hydrogen) atoms. The second kappa shape index (κ2) is 7.80. The van der Waals surface area contributed by atoms with Crippen LogP contribution in [0.3, 0.4) is 0 Å². The van der Waals surface area contributed by atoms with Crippen molar-refractivity contribution in [1.82, 2.24) is 24.7 Å². The van der Waals surface area contributed by atoms with Crippen LogP contribution in [0.1, 0.15) is 16.7 Å². The monoisotopic (exact) mass is 369 g/mol. The van der Waals surface area contributed by atoms with E-state index in [4.69, 9.17) is 17.0 Å². The van der Waals surface area contributed by atoms with Gasteiger partial charge in [0.15, 0.2) is 0 Å². The summed E-state index contributed by atoms with van der Waals surface area (Å²) < 4.78 is 9.22. The van der Waals surface area contributed by atoms with Crippen LogP contribution in [0, 0.1) is 18.6 Å². The van der Waals surface area contributed by atoms with Crippen molar-refractivity contribution in [2.24, 2.45) is 0 Å². The Balaban J connectivity index is 1.74. The van der Waals surface area contributed by atoms with Crippen molar-refractivity contribution in [2.75, 3.05) is 14.2 Å². The SMILES string of the molecule is COc1ccc(CN(C)Cn2nnn(-c3ccc(C)cc3C)c2=S)cc1. The van der Waals surface area contributed by atoms with Crippen molar-refractivity contribution < 1.29 is 4.74 Å². The van der Waals surface area contributed by atoms with Gasteiger partial charge in [0.2, 0.25) is 4.77 Å². The van der Waals surface area contributed by atoms with Crippen LogP contribution < -0.4 is 4.74 Å². The van der Waals surface area contributed by atoms with Gasteiger partial charge in [-0.3, -0.25) is 4.90 Å². The molecule has 0 aliphatic rings. The van der Waals surface area contributed by atoms with E-state index in [1.165, 1.54) is 11.1 Å². The molecule has 1 aromatic heterocycles. The van der Waals surface area contributed by atoms with Gasteiger partial charge in [-0.05, 0) is 72.9 Å². The summed E-state index contributed by atoms with van der Waals surface area (Å²) in [5, 5.41) is 8.47. The molecule has 0 bridgehead atoms. The van der Waals surface area contributed by atoms with E-state index in [1.54, 1.807) is 16.5 Å². The van der Waals surface area contributed by atoms with Crippen molar-refractivity contribution in [2.45, 2.75) is 27.1 Å². The summed E-state index contributed by atoms with van der Waals surface area (Å²) in [5.74, 6) is 0.857. The van der Waals surface area contributed by atoms with Gasteiger partial charge in [-0.15, -0.1) is 0 Å². The Hall–Kier alpha value is -2.51. The quantitative estimate of drug-likeness (QED) is 0.622. The molecule has 2 aromatic carbocycles. The first-order valence-corrected chi connectivity index (χ1v) is 8.80. The highest BCUT2D eigenvalue weighted by Crippen LogP contribution is 2.16. The molecule has 0 saturated heterocycles. The number of methoxy groups -OCH3 is 1. The van der Waals surface area contributed by atoms with E-state index in [0.717, 1.165) is 23.5 Å². The molecule has 0 N–H and O–H groups in total. The number of tetrazole rings is 1. The molecule has 0 amide bonds. The molecule has 0 aliphatic carbocycles. The lowest BCUT2D eigenvalue weighted by Crippen LogP contribution is -2.22. The highest BCUT2D eigenvalue weighted by molar-refractivity contribution is 7.71. The van der Waals surface area contributed by atoms with Crippen LogP contribution in [-0.2, 0) is 13.2 Å². The van der Waals surface area contributed by atoms with Crippen LogP contribution in [0.25, 0.3) is 5.69 Å². The number of aryl methyl sites for hydroxylation is 2. The fourth-order valence-electron chi connectivity index (χ4n) is 2.88. The Kier molecular flexibility index (Phi) is 5.49. The molecule has 0 unspecified atom stereocenters. The van der Waals surface area contributed by atoms with Crippen molar-refractivity contribution in [3.05, 3.63) is 63.9 Å². The van der Waals surface area contributed by atoms with Crippen molar-refractivity contribution in [3.8, 4) is 11.4 Å². The lowest BCUT2D eigenvalue weighted by molar-refractivity contribution is 0.242. The minimum Gasteiger partial charge on any atom is -0.497 e. The van der Waals surface area contributed by atoms with Crippen molar-refractivity contribution in [1.29, 1.82) is 0 Å². The van der Waals surface area contributed by atoms with Crippen LogP contribution in [0.15, 0.2) is 42.5 Å². The zero-order chi connectivity index (χ0) is 18.7. The number of aromatic nitrogens is 4. The maximum atomic E-state index is 5.57. The molecule has 3 rings (SSSR count). The molecule has 0 saturated carbocycles. The summed E-state index contributed by atoms with van der Waals surface area (Å²) >= 11 is 5.57. The smallest absolute Gasteiger partial charge is 0.221 e. The van der Waals surface area contributed by atoms with Gasteiger partial charge in [0.1, 0.15) is 5.75 Å². The molecular weight excluding hydrogens is 346 g/mol. The molecule has 3 aromatic rings. The standard InChI is InChI=1S/C19H23N5OS/c1-14-5-10-18(15(2)11-14)24-19(26)23(20-21-24)13-22(3)12-16-6-8-17(25-4)9-7-16/h5-11H,12-13H2,1-4H3. The molecule has 0 aliphatic heterocycles. The Labute approximate surface area is 158 Å². The third-order valence-corrected chi connectivity index (χ3v) is 4.59. The van der Waals surface area contributed by atoms with E-state index in [9.17, 15) is 0 Å². The van der Waals surface area contributed by atoms with E-state index < -0.39 is 0 Å². The van der Waals surface area contributed by atoms with Gasteiger partial charge in [0, 0.05) is 6.54 Å². The highest BCUT2D eigenvalue weighted by atomic mass is 32.1. The van der Waals surface area contributed by atoms with Gasteiger partial charge >= 0.3 is 0 Å². The molecule has 0 radical (unpaired) electrons. The zero-order valence-electron chi connectivity index (χ0n) is 15.5. The number of benzene rings is 2. The van der Waals surface area contributed by atoms with Gasteiger partial charge in [0.05, 0.1) is 19.5 Å². The average Bonchev–Trinajstić information content (AvgIpc) is 2.96. The summed E-state index contributed by atoms with van der Waals surface area (Å²) in [6.07, 6.45) is 0. The number of hydrogen-bond acceptors (Lipinski definition) is 5. The molecule has 1 heterocycles. The van der Waals surface area contributed by atoms with Crippen LogP contribution in [-0.4, -0.2) is 38.8 Å². The van der Waals surface area contributed by atoms with E-state index in [-0.39, 0.29) is 0 Å². The average molecular weight is 369 g/mol. The number of ether oxygens (including phenoxy) is 1. The van der Waals surface area contributed by atoms with Crippen LogP contribution in [0.5, 0.6) is 5.75 Å². The maximum Gasteiger partial charge on any atom is 0.221 e. The van der Waals surface area contributed by atoms with E-state index in [1.807, 2.05) is 25.2 Å². The van der Waals surface area contributed by atoms with E-state index in [2.05, 4.69) is 53.4 Å². The second-order valence-electron chi connectivity index (χ2n) is 6.47. The first-order valence-electron chi connectivity index (χ1n) is 8.40. The summed E-state index contributed by atoms with van der Waals surface area (Å²) in [6, 6.07) is 14.2. The fourth-order valence-corrected chi connectivity index (χ4v) is 3.11. The zero-order valence-corrected chi connectivity index (χ0v) is 16.3. The Bertz CT molecular complexity index is 945. The number of nitrogens with zero attached hydrogens (tertiary/aromatic N) is 5. The maximum absolute atomic E-state index is 5.57. The van der Waals surface area contributed by atoms with Gasteiger partial charge in [-0.2, -0.15) is 4.68 Å². The third kappa shape index (κ3) is 4.00. The number of hydrogen-bond donors (Lipinski definition) is 0. The summed E-state index contributed by atoms with van der Waals surface area (Å²) in [5.41, 5.74) is 4.50. The number of rotatable bonds is 6. The van der Waals surface area contributed by atoms with Gasteiger partial charge < -0.3 is 4.74 Å². The predicted octanol–water partition coefficient (Wildman–Crippen LogP) is 3.51. The molecular formula is C19H23N5OS. The van der Waals surface area contributed by atoms with Crippen molar-refractivity contribution in [3.63, 3.8) is 0 Å². The van der Waals surface area contributed by atoms with Crippen molar-refractivity contribution >= 4 is 12.2 Å². The molecule has 0 atom stereocenters. The third-order valence-electron chi connectivity index (χ3n) is 4.21. The summed E-state index contributed by atoms with van der Waals surface area (Å²) in [7, 11) is 3.70. The van der Waals surface area contributed by atoms with Crippen LogP contribution in [0.4, 0.5) is 0 Å². The summed E-state index contributed by atoms with van der Waals surface area (Å²) in [4.78, 5) is 2.14. The topological polar surface area (TPSA) is 48.1 Å². The van der Waals surface area contributed by atoms with Gasteiger partial charge in [-0.1, -0.05) is 29.8 Å². The molecule has 0 fully saturated rings. The summed E-state index contributed by atoms with van der Waals surface area (Å²) in [6.45, 7) is 5.47. The first-order chi connectivity index (χ1) is 12.5. The lowest BCUT2D eigenvalue weighted by Gasteiger charge is -2.16. The molecule has 0 spiro atoms. The fraction of sp³-hybridized carbons (Fsp3) is 0.316. The molecule has 7 heteroatoms. The van der Waals surface area contributed by atoms with E-state index in [0.29, 0.717) is 11.4 Å². The van der Waals surface area contributed by atoms with Gasteiger partial charge in [-0.25, -0.2) is 4.68 Å². The normalized spacial score (nSPS) is 11.1. The Morgan fingerprint density at radius 3 is 2.46 bits per heavy atom. The van der Waals surface area contributed by atoms with Crippen LogP contribution in [0.2, 0.25) is 0 Å². The molecule has 6 nitrogen and oxygen atoms in total. The first kappa shape index (κ1) is 18.3. The lowest BCUT2D eigenvalue weighted by atomic mass is 10.1. The highest BCUT2D eigenvalue weighted by Gasteiger charge is 2.10. The Morgan fingerprint density at radius 2 is 1.81 bits per heavy atom. The Morgan fingerprint density at radius 1 is 1.08 bits per heavy atom. The second-order valence-corrected chi connectivity index (χ2v) is 6.83. The minimum atomic E-state index is 0.565. The van der Waals surface area contributed by atoms with E-state index >= 15 is 0 Å². The predicted molar refractivity (Wildman–Crippen MR) is 104 cm³/mol. The van der Waals surface area contributed by atoms with Crippen LogP contribution >= 0.6 is 12.2 Å².